The van der Waals surface area contributed by atoms with Crippen molar-refractivity contribution in [3.8, 4) is 0 Å². The van der Waals surface area contributed by atoms with Crippen molar-refractivity contribution in [2.45, 2.75) is 34.1 Å². The van der Waals surface area contributed by atoms with Gasteiger partial charge in [-0.15, -0.1) is 0 Å². The van der Waals surface area contributed by atoms with Gasteiger partial charge >= 0.3 is 12.4 Å². The molecular weight excluding hydrogens is 456 g/mol. The summed E-state index contributed by atoms with van der Waals surface area (Å²) in [6, 6.07) is 4.56. The van der Waals surface area contributed by atoms with Crippen molar-refractivity contribution >= 4 is 27.4 Å². The lowest BCUT2D eigenvalue weighted by Gasteiger charge is -2.20. The molecule has 2 heterocycles. The van der Waals surface area contributed by atoms with E-state index < -0.39 is 43.6 Å². The number of alkyl halides is 6. The minimum atomic E-state index is -4.86. The third kappa shape index (κ3) is 4.51. The van der Waals surface area contributed by atoms with Gasteiger partial charge in [0.2, 0.25) is 0 Å². The van der Waals surface area contributed by atoms with E-state index in [1.165, 1.54) is 17.2 Å². The van der Waals surface area contributed by atoms with Crippen molar-refractivity contribution in [2.24, 2.45) is 0 Å². The van der Waals surface area contributed by atoms with E-state index >= 15 is 0 Å². The lowest BCUT2D eigenvalue weighted by atomic mass is 10.2. The van der Waals surface area contributed by atoms with Crippen LogP contribution in [0.25, 0.3) is 0 Å². The highest BCUT2D eigenvalue weighted by Crippen LogP contribution is 2.37. The molecular formula is C17H15F6N3O2S2. The Kier molecular flexibility index (Phi) is 5.98. The van der Waals surface area contributed by atoms with Crippen LogP contribution in [0.15, 0.2) is 40.4 Å². The lowest BCUT2D eigenvalue weighted by Crippen LogP contribution is -2.29. The second-order valence-corrected chi connectivity index (χ2v) is 9.46. The molecule has 0 radical (unpaired) electrons. The number of nitrogens with zero attached hydrogens (tertiary/aromatic N) is 3. The van der Waals surface area contributed by atoms with Gasteiger partial charge in [0.25, 0.3) is 0 Å². The summed E-state index contributed by atoms with van der Waals surface area (Å²) in [4.78, 5) is 7.88. The highest BCUT2D eigenvalue weighted by atomic mass is 32.2. The van der Waals surface area contributed by atoms with Crippen LogP contribution in [0.5, 0.6) is 0 Å². The Morgan fingerprint density at radius 2 is 1.73 bits per heavy atom. The number of hydrogen-bond acceptors (Lipinski definition) is 6. The molecule has 1 aromatic carbocycles. The van der Waals surface area contributed by atoms with Crippen LogP contribution < -0.4 is 4.90 Å². The molecule has 0 bridgehead atoms. The summed E-state index contributed by atoms with van der Waals surface area (Å²) in [6.07, 6.45) is -8.14. The van der Waals surface area contributed by atoms with E-state index in [1.807, 2.05) is 0 Å². The molecule has 1 aliphatic rings. The number of anilines is 1. The summed E-state index contributed by atoms with van der Waals surface area (Å²) < 4.78 is 105. The van der Waals surface area contributed by atoms with E-state index in [4.69, 9.17) is 0 Å². The van der Waals surface area contributed by atoms with E-state index in [-0.39, 0.29) is 30.5 Å². The normalized spacial score (nSPS) is 18.1. The SMILES string of the molecule is CSc1nc(N2CCC(S(=O)(=O)c3ccccc3C(F)(F)F)C2)cc(C(F)(F)F)n1. The predicted molar refractivity (Wildman–Crippen MR) is 98.1 cm³/mol. The standard InChI is InChI=1S/C17H15F6N3O2S2/c1-29-15-24-13(17(21,22)23)8-14(25-15)26-7-6-10(9-26)30(27,28)12-5-3-2-4-11(12)16(18,19)20/h2-5,8,10H,6-7,9H2,1H3. The van der Waals surface area contributed by atoms with E-state index in [9.17, 15) is 34.8 Å². The molecule has 2 aromatic rings. The van der Waals surface area contributed by atoms with Crippen LogP contribution in [0.2, 0.25) is 0 Å². The maximum absolute atomic E-state index is 13.2. The number of sulfone groups is 1. The molecule has 1 unspecified atom stereocenters. The van der Waals surface area contributed by atoms with Gasteiger partial charge < -0.3 is 4.90 Å². The average molecular weight is 471 g/mol. The highest BCUT2D eigenvalue weighted by molar-refractivity contribution is 7.98. The van der Waals surface area contributed by atoms with Crippen LogP contribution in [0.1, 0.15) is 17.7 Å². The highest BCUT2D eigenvalue weighted by Gasteiger charge is 2.42. The largest absolute Gasteiger partial charge is 0.433 e. The van der Waals surface area contributed by atoms with Crippen LogP contribution in [0, 0.1) is 0 Å². The number of hydrogen-bond donors (Lipinski definition) is 0. The quantitative estimate of drug-likeness (QED) is 0.377. The van der Waals surface area contributed by atoms with Gasteiger partial charge in [-0.3, -0.25) is 0 Å². The Bertz CT molecular complexity index is 1040. The first-order valence-corrected chi connectivity index (χ1v) is 11.3. The summed E-state index contributed by atoms with van der Waals surface area (Å²) in [5.74, 6) is -0.122. The third-order valence-electron chi connectivity index (χ3n) is 4.57. The molecule has 1 atom stereocenters. The van der Waals surface area contributed by atoms with Gasteiger partial charge in [0.1, 0.15) is 5.82 Å². The molecule has 1 aromatic heterocycles. The molecule has 30 heavy (non-hydrogen) atoms. The van der Waals surface area contributed by atoms with Crippen molar-refractivity contribution in [1.29, 1.82) is 0 Å². The second kappa shape index (κ2) is 7.91. The second-order valence-electron chi connectivity index (χ2n) is 6.49. The smallest absolute Gasteiger partial charge is 0.355 e. The average Bonchev–Trinajstić information content (AvgIpc) is 3.17. The first-order valence-electron chi connectivity index (χ1n) is 8.49. The summed E-state index contributed by atoms with van der Waals surface area (Å²) in [6.45, 7) is -0.253. The number of thioether (sulfide) groups is 1. The number of benzene rings is 1. The van der Waals surface area contributed by atoms with Crippen molar-refractivity contribution < 1.29 is 34.8 Å². The Morgan fingerprint density at radius 3 is 2.33 bits per heavy atom. The fourth-order valence-corrected chi connectivity index (χ4v) is 5.41. The van der Waals surface area contributed by atoms with Gasteiger partial charge in [-0.1, -0.05) is 23.9 Å². The van der Waals surface area contributed by atoms with Crippen LogP contribution in [-0.4, -0.2) is 43.0 Å². The molecule has 0 spiro atoms. The fourth-order valence-electron chi connectivity index (χ4n) is 3.13. The maximum atomic E-state index is 13.2. The van der Waals surface area contributed by atoms with E-state index in [2.05, 4.69) is 9.97 Å². The monoisotopic (exact) mass is 471 g/mol. The topological polar surface area (TPSA) is 63.2 Å². The molecule has 1 aliphatic heterocycles. The van der Waals surface area contributed by atoms with Crippen molar-refractivity contribution in [3.05, 3.63) is 41.6 Å². The molecule has 0 N–H and O–H groups in total. The third-order valence-corrected chi connectivity index (χ3v) is 7.35. The molecule has 1 fully saturated rings. The van der Waals surface area contributed by atoms with E-state index in [0.29, 0.717) is 12.1 Å². The zero-order valence-corrected chi connectivity index (χ0v) is 17.0. The molecule has 13 heteroatoms. The Hall–Kier alpha value is -2.02. The zero-order chi connectivity index (χ0) is 22.3. The summed E-state index contributed by atoms with van der Waals surface area (Å²) in [5.41, 5.74) is -2.44. The van der Waals surface area contributed by atoms with E-state index in [0.717, 1.165) is 23.9 Å². The van der Waals surface area contributed by atoms with Crippen molar-refractivity contribution in [3.63, 3.8) is 0 Å². The molecule has 1 saturated heterocycles. The number of halogens is 6. The molecule has 0 aliphatic carbocycles. The predicted octanol–water partition coefficient (Wildman–Crippen LogP) is 4.29. The lowest BCUT2D eigenvalue weighted by molar-refractivity contribution is -0.141. The zero-order valence-electron chi connectivity index (χ0n) is 15.3. The molecule has 164 valence electrons. The van der Waals surface area contributed by atoms with Crippen LogP contribution >= 0.6 is 11.8 Å². The van der Waals surface area contributed by atoms with Crippen LogP contribution in [0.3, 0.4) is 0 Å². The van der Waals surface area contributed by atoms with Gasteiger partial charge in [0, 0.05) is 19.2 Å². The Balaban J connectivity index is 1.93. The Labute approximate surface area is 172 Å². The number of aromatic nitrogens is 2. The summed E-state index contributed by atoms with van der Waals surface area (Å²) >= 11 is 0.888. The van der Waals surface area contributed by atoms with Gasteiger partial charge in [-0.2, -0.15) is 26.3 Å². The summed E-state index contributed by atoms with van der Waals surface area (Å²) in [5, 5.41) is -1.36. The van der Waals surface area contributed by atoms with Crippen LogP contribution in [0.4, 0.5) is 32.2 Å². The van der Waals surface area contributed by atoms with Crippen molar-refractivity contribution in [2.75, 3.05) is 24.2 Å². The van der Waals surface area contributed by atoms with Gasteiger partial charge in [-0.05, 0) is 24.8 Å². The van der Waals surface area contributed by atoms with Crippen molar-refractivity contribution in [1.82, 2.24) is 9.97 Å². The first-order chi connectivity index (χ1) is 13.8. The molecule has 5 nitrogen and oxygen atoms in total. The maximum Gasteiger partial charge on any atom is 0.433 e. The Morgan fingerprint density at radius 1 is 1.07 bits per heavy atom. The summed E-state index contributed by atoms with van der Waals surface area (Å²) in [7, 11) is -4.38. The van der Waals surface area contributed by atoms with Gasteiger partial charge in [-0.25, -0.2) is 18.4 Å². The van der Waals surface area contributed by atoms with Gasteiger partial charge in [0.05, 0.1) is 15.7 Å². The molecule has 0 saturated carbocycles. The first kappa shape index (κ1) is 22.7. The molecule has 0 amide bonds. The molecule has 3 rings (SSSR count). The minimum absolute atomic E-state index is 0.0280. The van der Waals surface area contributed by atoms with E-state index in [1.54, 1.807) is 0 Å². The van der Waals surface area contributed by atoms with Gasteiger partial charge in [0.15, 0.2) is 20.7 Å². The minimum Gasteiger partial charge on any atom is -0.355 e. The van der Waals surface area contributed by atoms with Crippen LogP contribution in [-0.2, 0) is 22.2 Å². The number of rotatable bonds is 4. The fraction of sp³-hybridized carbons (Fsp3) is 0.412.